The molecule has 1 spiro atoms. The molecule has 2 saturated heterocycles. The number of rotatable bonds is 4. The van der Waals surface area contributed by atoms with Gasteiger partial charge in [-0.15, -0.1) is 0 Å². The normalized spacial score (nSPS) is 24.2. The predicted octanol–water partition coefficient (Wildman–Crippen LogP) is 2.94. The molecular weight excluding hydrogens is 304 g/mol. The van der Waals surface area contributed by atoms with Crippen LogP contribution < -0.4 is 0 Å². The predicted molar refractivity (Wildman–Crippen MR) is 93.1 cm³/mol. The molecule has 0 saturated carbocycles. The number of aryl methyl sites for hydroxylation is 1. The molecule has 1 aromatic heterocycles. The topological polar surface area (TPSA) is 45.9 Å². The van der Waals surface area contributed by atoms with Crippen LogP contribution in [0.15, 0.2) is 16.7 Å². The summed E-state index contributed by atoms with van der Waals surface area (Å²) < 4.78 is 10.8. The van der Waals surface area contributed by atoms with Crippen molar-refractivity contribution in [2.75, 3.05) is 33.4 Å². The number of amides is 1. The molecule has 3 heterocycles. The van der Waals surface area contributed by atoms with Crippen molar-refractivity contribution in [3.63, 3.8) is 0 Å². The van der Waals surface area contributed by atoms with Gasteiger partial charge in [0.15, 0.2) is 5.76 Å². The van der Waals surface area contributed by atoms with Crippen LogP contribution in [-0.4, -0.2) is 61.1 Å². The Morgan fingerprint density at radius 2 is 2.12 bits per heavy atom. The number of furan rings is 1. The van der Waals surface area contributed by atoms with Crippen LogP contribution in [0.3, 0.4) is 0 Å². The van der Waals surface area contributed by atoms with E-state index in [0.717, 1.165) is 44.6 Å². The summed E-state index contributed by atoms with van der Waals surface area (Å²) in [5.74, 6) is 0.540. The van der Waals surface area contributed by atoms with Crippen LogP contribution in [0.25, 0.3) is 0 Å². The molecule has 0 aromatic carbocycles. The summed E-state index contributed by atoms with van der Waals surface area (Å²) in [6, 6.07) is 2.89. The molecular formula is C19H30N2O3. The van der Waals surface area contributed by atoms with Gasteiger partial charge in [-0.2, -0.15) is 0 Å². The van der Waals surface area contributed by atoms with Gasteiger partial charge in [0.2, 0.25) is 0 Å². The minimum atomic E-state index is 0.0412. The van der Waals surface area contributed by atoms with Crippen LogP contribution in [0.2, 0.25) is 0 Å². The monoisotopic (exact) mass is 334 g/mol. The number of piperidine rings is 1. The van der Waals surface area contributed by atoms with Gasteiger partial charge in [-0.05, 0) is 51.5 Å². The highest BCUT2D eigenvalue weighted by Gasteiger charge is 2.46. The lowest BCUT2D eigenvalue weighted by atomic mass is 9.76. The Morgan fingerprint density at radius 1 is 1.42 bits per heavy atom. The maximum Gasteiger partial charge on any atom is 0.289 e. The van der Waals surface area contributed by atoms with E-state index in [9.17, 15) is 4.79 Å². The van der Waals surface area contributed by atoms with Gasteiger partial charge in [-0.3, -0.25) is 9.69 Å². The fourth-order valence-corrected chi connectivity index (χ4v) is 4.43. The highest BCUT2D eigenvalue weighted by atomic mass is 16.5. The van der Waals surface area contributed by atoms with E-state index in [2.05, 4.69) is 18.7 Å². The van der Waals surface area contributed by atoms with Gasteiger partial charge >= 0.3 is 0 Å². The van der Waals surface area contributed by atoms with Crippen molar-refractivity contribution in [1.82, 2.24) is 9.80 Å². The first-order chi connectivity index (χ1) is 11.5. The zero-order chi connectivity index (χ0) is 17.3. The molecule has 1 unspecified atom stereocenters. The largest absolute Gasteiger partial charge is 0.459 e. The number of hydrogen-bond acceptors (Lipinski definition) is 4. The van der Waals surface area contributed by atoms with Gasteiger partial charge < -0.3 is 14.1 Å². The number of nitrogens with zero attached hydrogens (tertiary/aromatic N) is 2. The van der Waals surface area contributed by atoms with Gasteiger partial charge in [0, 0.05) is 44.4 Å². The minimum Gasteiger partial charge on any atom is -0.459 e. The second-order valence-corrected chi connectivity index (χ2v) is 7.80. The van der Waals surface area contributed by atoms with Crippen LogP contribution >= 0.6 is 0 Å². The molecule has 2 aliphatic rings. The molecule has 0 bridgehead atoms. The van der Waals surface area contributed by atoms with Crippen molar-refractivity contribution in [3.8, 4) is 0 Å². The third-order valence-electron chi connectivity index (χ3n) is 5.85. The zero-order valence-electron chi connectivity index (χ0n) is 15.4. The highest BCUT2D eigenvalue weighted by molar-refractivity contribution is 5.92. The summed E-state index contributed by atoms with van der Waals surface area (Å²) in [6.45, 7) is 10.0. The smallest absolute Gasteiger partial charge is 0.289 e. The maximum absolute atomic E-state index is 12.6. The van der Waals surface area contributed by atoms with Gasteiger partial charge in [0.05, 0.1) is 12.9 Å². The number of carbonyl (C=O) groups excluding carboxylic acids is 1. The third kappa shape index (κ3) is 3.24. The van der Waals surface area contributed by atoms with Gasteiger partial charge in [-0.1, -0.05) is 0 Å². The number of methoxy groups -OCH3 is 1. The fourth-order valence-electron chi connectivity index (χ4n) is 4.43. The van der Waals surface area contributed by atoms with Gasteiger partial charge in [-0.25, -0.2) is 0 Å². The summed E-state index contributed by atoms with van der Waals surface area (Å²) >= 11 is 0. The molecule has 24 heavy (non-hydrogen) atoms. The van der Waals surface area contributed by atoms with Gasteiger partial charge in [0.25, 0.3) is 5.91 Å². The fraction of sp³-hybridized carbons (Fsp3) is 0.737. The molecule has 5 heteroatoms. The summed E-state index contributed by atoms with van der Waals surface area (Å²) in [7, 11) is 1.79. The lowest BCUT2D eigenvalue weighted by molar-refractivity contribution is 0.0551. The van der Waals surface area contributed by atoms with E-state index in [1.807, 2.05) is 17.9 Å². The first-order valence-electron chi connectivity index (χ1n) is 9.04. The van der Waals surface area contributed by atoms with Crippen molar-refractivity contribution in [2.24, 2.45) is 5.41 Å². The first-order valence-corrected chi connectivity index (χ1v) is 9.04. The molecule has 2 aliphatic heterocycles. The number of likely N-dealkylation sites (tertiary alicyclic amines) is 2. The van der Waals surface area contributed by atoms with Crippen molar-refractivity contribution in [2.45, 2.75) is 52.1 Å². The summed E-state index contributed by atoms with van der Waals surface area (Å²) in [5.41, 5.74) is 1.26. The Balaban J connectivity index is 1.64. The van der Waals surface area contributed by atoms with E-state index in [-0.39, 0.29) is 5.91 Å². The number of carbonyl (C=O) groups is 1. The van der Waals surface area contributed by atoms with Crippen molar-refractivity contribution in [3.05, 3.63) is 23.7 Å². The highest BCUT2D eigenvalue weighted by Crippen LogP contribution is 2.44. The second-order valence-electron chi connectivity index (χ2n) is 7.80. The van der Waals surface area contributed by atoms with Crippen molar-refractivity contribution in [1.29, 1.82) is 0 Å². The maximum atomic E-state index is 12.6. The van der Waals surface area contributed by atoms with Crippen LogP contribution in [-0.2, 0) is 4.74 Å². The van der Waals surface area contributed by atoms with Gasteiger partial charge in [0.1, 0.15) is 0 Å². The average Bonchev–Trinajstić information content (AvgIpc) is 3.12. The van der Waals surface area contributed by atoms with Crippen molar-refractivity contribution >= 4 is 5.91 Å². The Morgan fingerprint density at radius 3 is 2.67 bits per heavy atom. The summed E-state index contributed by atoms with van der Waals surface area (Å²) in [5, 5.41) is 0. The standard InChI is InChI=1S/C19H30N2O3/c1-14(2)21-13-19(11-16(21)12-23-4)6-8-20(9-7-19)18(22)17-15(3)5-10-24-17/h5,10,14,16H,6-9,11-13H2,1-4H3. The Hall–Kier alpha value is -1.33. The SMILES string of the molecule is COCC1CC2(CCN(C(=O)c3occc3C)CC2)CN1C(C)C. The quantitative estimate of drug-likeness (QED) is 0.849. The van der Waals surface area contributed by atoms with Crippen LogP contribution in [0.5, 0.6) is 0 Å². The zero-order valence-corrected chi connectivity index (χ0v) is 15.4. The van der Waals surface area contributed by atoms with Crippen molar-refractivity contribution < 1.29 is 13.9 Å². The summed E-state index contributed by atoms with van der Waals surface area (Å²) in [6.07, 6.45) is 4.92. The van der Waals surface area contributed by atoms with Crippen LogP contribution in [0, 0.1) is 12.3 Å². The van der Waals surface area contributed by atoms with E-state index < -0.39 is 0 Å². The minimum absolute atomic E-state index is 0.0412. The molecule has 2 fully saturated rings. The molecule has 3 rings (SSSR count). The summed E-state index contributed by atoms with van der Waals surface area (Å²) in [4.78, 5) is 17.2. The van der Waals surface area contributed by atoms with E-state index >= 15 is 0 Å². The molecule has 5 nitrogen and oxygen atoms in total. The Bertz CT molecular complexity index is 573. The van der Waals surface area contributed by atoms with Crippen LogP contribution in [0.4, 0.5) is 0 Å². The lowest BCUT2D eigenvalue weighted by Crippen LogP contribution is -2.44. The number of hydrogen-bond donors (Lipinski definition) is 0. The molecule has 0 radical (unpaired) electrons. The van der Waals surface area contributed by atoms with E-state index in [1.54, 1.807) is 13.4 Å². The van der Waals surface area contributed by atoms with Crippen LogP contribution in [0.1, 0.15) is 49.2 Å². The molecule has 0 N–H and O–H groups in total. The Kier molecular flexibility index (Phi) is 5.02. The van der Waals surface area contributed by atoms with E-state index in [1.165, 1.54) is 6.42 Å². The Labute approximate surface area is 144 Å². The second kappa shape index (κ2) is 6.89. The third-order valence-corrected chi connectivity index (χ3v) is 5.85. The number of ether oxygens (including phenoxy) is 1. The molecule has 0 aliphatic carbocycles. The first kappa shape index (κ1) is 17.5. The van der Waals surface area contributed by atoms with E-state index in [0.29, 0.717) is 23.3 Å². The molecule has 1 aromatic rings. The lowest BCUT2D eigenvalue weighted by Gasteiger charge is -2.39. The average molecular weight is 334 g/mol. The molecule has 134 valence electrons. The molecule has 1 amide bonds. The van der Waals surface area contributed by atoms with E-state index in [4.69, 9.17) is 9.15 Å². The molecule has 1 atom stereocenters.